The Labute approximate surface area is 204 Å². The molecule has 1 aliphatic heterocycles. The molecule has 2 aromatic carbocycles. The van der Waals surface area contributed by atoms with Crippen LogP contribution >= 0.6 is 0 Å². The highest BCUT2D eigenvalue weighted by Gasteiger charge is 2.46. The molecule has 4 rings (SSSR count). The summed E-state index contributed by atoms with van der Waals surface area (Å²) in [7, 11) is 0. The van der Waals surface area contributed by atoms with Crippen LogP contribution in [0.5, 0.6) is 11.5 Å². The SMILES string of the molecule is CCCOc1ccc(C2C(=C(O)c3cccc(OCC)c3)C(=O)C(=O)N2Cc2cccnc2)cc1. The van der Waals surface area contributed by atoms with E-state index in [-0.39, 0.29) is 17.9 Å². The fourth-order valence-corrected chi connectivity index (χ4v) is 4.10. The Morgan fingerprint density at radius 1 is 1.00 bits per heavy atom. The molecule has 1 unspecified atom stereocenters. The lowest BCUT2D eigenvalue weighted by atomic mass is 9.95. The Morgan fingerprint density at radius 3 is 2.49 bits per heavy atom. The van der Waals surface area contributed by atoms with E-state index in [4.69, 9.17) is 9.47 Å². The maximum Gasteiger partial charge on any atom is 0.295 e. The van der Waals surface area contributed by atoms with Crippen molar-refractivity contribution in [3.8, 4) is 11.5 Å². The lowest BCUT2D eigenvalue weighted by Crippen LogP contribution is -2.29. The predicted molar refractivity (Wildman–Crippen MR) is 132 cm³/mol. The molecule has 35 heavy (non-hydrogen) atoms. The average molecular weight is 473 g/mol. The molecule has 0 aliphatic carbocycles. The number of likely N-dealkylation sites (tertiary alicyclic amines) is 1. The van der Waals surface area contributed by atoms with Gasteiger partial charge in [0, 0.05) is 24.5 Å². The number of aliphatic hydroxyl groups excluding tert-OH is 1. The van der Waals surface area contributed by atoms with E-state index in [1.54, 1.807) is 42.7 Å². The number of aromatic nitrogens is 1. The van der Waals surface area contributed by atoms with Gasteiger partial charge in [-0.25, -0.2) is 0 Å². The number of rotatable bonds is 9. The first-order valence-corrected chi connectivity index (χ1v) is 11.7. The number of carbonyl (C=O) groups excluding carboxylic acids is 2. The van der Waals surface area contributed by atoms with Crippen molar-refractivity contribution >= 4 is 17.4 Å². The number of amides is 1. The second-order valence-electron chi connectivity index (χ2n) is 8.17. The van der Waals surface area contributed by atoms with Crippen LogP contribution in [0.1, 0.15) is 43.0 Å². The minimum Gasteiger partial charge on any atom is -0.507 e. The number of ketones is 1. The Hall–Kier alpha value is -4.13. The summed E-state index contributed by atoms with van der Waals surface area (Å²) >= 11 is 0. The number of aliphatic hydroxyl groups is 1. The molecule has 0 bridgehead atoms. The molecular weight excluding hydrogens is 444 g/mol. The monoisotopic (exact) mass is 472 g/mol. The molecule has 2 heterocycles. The Kier molecular flexibility index (Phi) is 7.45. The first-order valence-electron chi connectivity index (χ1n) is 11.7. The van der Waals surface area contributed by atoms with Crippen molar-refractivity contribution in [3.63, 3.8) is 0 Å². The van der Waals surface area contributed by atoms with Gasteiger partial charge in [-0.1, -0.05) is 37.3 Å². The third-order valence-electron chi connectivity index (χ3n) is 5.70. The maximum absolute atomic E-state index is 13.2. The highest BCUT2D eigenvalue weighted by atomic mass is 16.5. The second-order valence-corrected chi connectivity index (χ2v) is 8.17. The van der Waals surface area contributed by atoms with E-state index in [1.165, 1.54) is 4.90 Å². The van der Waals surface area contributed by atoms with Crippen molar-refractivity contribution in [1.82, 2.24) is 9.88 Å². The van der Waals surface area contributed by atoms with Gasteiger partial charge in [-0.2, -0.15) is 0 Å². The number of pyridine rings is 1. The molecule has 0 radical (unpaired) electrons. The lowest BCUT2D eigenvalue weighted by Gasteiger charge is -2.25. The largest absolute Gasteiger partial charge is 0.507 e. The molecule has 3 aromatic rings. The fourth-order valence-electron chi connectivity index (χ4n) is 4.10. The standard InChI is InChI=1S/C28H28N2O5/c1-3-15-35-22-12-10-20(11-13-22)25-24(26(31)21-8-5-9-23(16-21)34-4-2)27(32)28(33)30(25)18-19-7-6-14-29-17-19/h5-14,16-17,25,31H,3-4,15,18H2,1-2H3. The maximum atomic E-state index is 13.2. The van der Waals surface area contributed by atoms with Crippen LogP contribution in [0.25, 0.3) is 5.76 Å². The number of carbonyl (C=O) groups is 2. The molecular formula is C28H28N2O5. The molecule has 0 saturated carbocycles. The first kappa shape index (κ1) is 24.0. The van der Waals surface area contributed by atoms with Crippen LogP contribution in [-0.4, -0.2) is 39.9 Å². The minimum atomic E-state index is -0.772. The van der Waals surface area contributed by atoms with Crippen molar-refractivity contribution < 1.29 is 24.2 Å². The fraction of sp³-hybridized carbons (Fsp3) is 0.250. The van der Waals surface area contributed by atoms with Crippen LogP contribution < -0.4 is 9.47 Å². The molecule has 1 aromatic heterocycles. The number of nitrogens with zero attached hydrogens (tertiary/aromatic N) is 2. The normalized spacial score (nSPS) is 17.0. The zero-order chi connectivity index (χ0) is 24.8. The lowest BCUT2D eigenvalue weighted by molar-refractivity contribution is -0.140. The van der Waals surface area contributed by atoms with E-state index in [2.05, 4.69) is 4.98 Å². The summed E-state index contributed by atoms with van der Waals surface area (Å²) < 4.78 is 11.2. The summed E-state index contributed by atoms with van der Waals surface area (Å²) in [5.41, 5.74) is 1.91. The summed E-state index contributed by atoms with van der Waals surface area (Å²) in [6.45, 7) is 5.12. The number of hydrogen-bond acceptors (Lipinski definition) is 6. The average Bonchev–Trinajstić information content (AvgIpc) is 3.13. The van der Waals surface area contributed by atoms with Gasteiger partial charge in [0.25, 0.3) is 11.7 Å². The third-order valence-corrected chi connectivity index (χ3v) is 5.70. The number of hydrogen-bond donors (Lipinski definition) is 1. The molecule has 7 heteroatoms. The van der Waals surface area contributed by atoms with Gasteiger partial charge in [-0.05, 0) is 54.8 Å². The van der Waals surface area contributed by atoms with Gasteiger partial charge in [-0.15, -0.1) is 0 Å². The van der Waals surface area contributed by atoms with E-state index in [1.807, 2.05) is 44.2 Å². The second kappa shape index (κ2) is 10.9. The van der Waals surface area contributed by atoms with E-state index in [9.17, 15) is 14.7 Å². The quantitative estimate of drug-likeness (QED) is 0.271. The van der Waals surface area contributed by atoms with Crippen molar-refractivity contribution in [2.75, 3.05) is 13.2 Å². The van der Waals surface area contributed by atoms with Gasteiger partial charge < -0.3 is 19.5 Å². The van der Waals surface area contributed by atoms with Gasteiger partial charge in [0.15, 0.2) is 0 Å². The minimum absolute atomic E-state index is 0.0368. The molecule has 1 aliphatic rings. The third kappa shape index (κ3) is 5.19. The van der Waals surface area contributed by atoms with Gasteiger partial charge in [0.1, 0.15) is 17.3 Å². The summed E-state index contributed by atoms with van der Waals surface area (Å²) in [6, 6.07) is 17.0. The van der Waals surface area contributed by atoms with E-state index in [0.29, 0.717) is 35.8 Å². The van der Waals surface area contributed by atoms with Crippen LogP contribution in [0.3, 0.4) is 0 Å². The summed E-state index contributed by atoms with van der Waals surface area (Å²) in [6.07, 6.45) is 4.19. The molecule has 1 saturated heterocycles. The zero-order valence-corrected chi connectivity index (χ0v) is 19.8. The Bertz CT molecular complexity index is 1220. The van der Waals surface area contributed by atoms with Crippen molar-refractivity contribution in [2.45, 2.75) is 32.9 Å². The number of benzene rings is 2. The molecule has 180 valence electrons. The highest BCUT2D eigenvalue weighted by molar-refractivity contribution is 6.46. The van der Waals surface area contributed by atoms with E-state index >= 15 is 0 Å². The van der Waals surface area contributed by atoms with Crippen LogP contribution in [0.15, 0.2) is 78.6 Å². The van der Waals surface area contributed by atoms with Crippen LogP contribution in [-0.2, 0) is 16.1 Å². The van der Waals surface area contributed by atoms with Crippen LogP contribution in [0, 0.1) is 0 Å². The van der Waals surface area contributed by atoms with Crippen LogP contribution in [0.2, 0.25) is 0 Å². The van der Waals surface area contributed by atoms with Crippen molar-refractivity contribution in [3.05, 3.63) is 95.3 Å². The van der Waals surface area contributed by atoms with Gasteiger partial charge in [0.05, 0.1) is 24.8 Å². The number of ether oxygens (including phenoxy) is 2. The molecule has 1 amide bonds. The topological polar surface area (TPSA) is 89.0 Å². The summed E-state index contributed by atoms with van der Waals surface area (Å²) in [4.78, 5) is 32.0. The van der Waals surface area contributed by atoms with Crippen molar-refractivity contribution in [1.29, 1.82) is 0 Å². The molecule has 0 spiro atoms. The molecule has 1 fully saturated rings. The van der Waals surface area contributed by atoms with E-state index in [0.717, 1.165) is 12.0 Å². The molecule has 7 nitrogen and oxygen atoms in total. The Morgan fingerprint density at radius 2 is 1.80 bits per heavy atom. The summed E-state index contributed by atoms with van der Waals surface area (Å²) in [5.74, 6) is -0.383. The van der Waals surface area contributed by atoms with Gasteiger partial charge >= 0.3 is 0 Å². The zero-order valence-electron chi connectivity index (χ0n) is 19.8. The van der Waals surface area contributed by atoms with E-state index < -0.39 is 17.7 Å². The first-order chi connectivity index (χ1) is 17.0. The van der Waals surface area contributed by atoms with Crippen LogP contribution in [0.4, 0.5) is 0 Å². The Balaban J connectivity index is 1.80. The predicted octanol–water partition coefficient (Wildman–Crippen LogP) is 4.89. The van der Waals surface area contributed by atoms with Crippen molar-refractivity contribution in [2.24, 2.45) is 0 Å². The number of Topliss-reactive ketones (excluding diaryl/α,β-unsaturated/α-hetero) is 1. The molecule has 1 N–H and O–H groups in total. The molecule has 1 atom stereocenters. The summed E-state index contributed by atoms with van der Waals surface area (Å²) in [5, 5.41) is 11.3. The highest BCUT2D eigenvalue weighted by Crippen LogP contribution is 2.41. The van der Waals surface area contributed by atoms with Gasteiger partial charge in [0.2, 0.25) is 0 Å². The van der Waals surface area contributed by atoms with Gasteiger partial charge in [-0.3, -0.25) is 14.6 Å². The smallest absolute Gasteiger partial charge is 0.295 e.